The second kappa shape index (κ2) is 5.38. The Morgan fingerprint density at radius 1 is 1.00 bits per heavy atom. The van der Waals surface area contributed by atoms with E-state index in [1.165, 1.54) is 13.1 Å². The zero-order valence-electron chi connectivity index (χ0n) is 12.8. The largest absolute Gasteiger partial charge is 0.436 e. The Balaban J connectivity index is 1.90. The quantitative estimate of drug-likeness (QED) is 0.417. The van der Waals surface area contributed by atoms with Crippen molar-refractivity contribution in [2.24, 2.45) is 0 Å². The van der Waals surface area contributed by atoms with E-state index in [0.717, 1.165) is 5.56 Å². The molecule has 5 heteroatoms. The predicted molar refractivity (Wildman–Crippen MR) is 91.0 cm³/mol. The number of carbonyl (C=O) groups excluding carboxylic acids is 1. The Labute approximate surface area is 136 Å². The van der Waals surface area contributed by atoms with Crippen molar-refractivity contribution in [2.45, 2.75) is 6.92 Å². The zero-order valence-corrected chi connectivity index (χ0v) is 12.8. The van der Waals surface area contributed by atoms with Crippen molar-refractivity contribution in [1.29, 1.82) is 0 Å². The topological polar surface area (TPSA) is 73.1 Å². The first-order valence-corrected chi connectivity index (χ1v) is 7.42. The number of ketones is 1. The van der Waals surface area contributed by atoms with Crippen LogP contribution in [0.3, 0.4) is 0 Å². The highest BCUT2D eigenvalue weighted by Crippen LogP contribution is 2.22. The highest BCUT2D eigenvalue weighted by atomic mass is 16.3. The second-order valence-electron chi connectivity index (χ2n) is 5.49. The molecular weight excluding hydrogens is 304 g/mol. The molecule has 116 valence electrons. The molecule has 4 aromatic rings. The van der Waals surface area contributed by atoms with Crippen molar-refractivity contribution in [3.63, 3.8) is 0 Å². The molecule has 0 amide bonds. The van der Waals surface area contributed by atoms with Crippen molar-refractivity contribution in [1.82, 2.24) is 9.97 Å². The number of aromatic nitrogens is 2. The zero-order chi connectivity index (χ0) is 16.7. The van der Waals surface area contributed by atoms with Gasteiger partial charge in [-0.3, -0.25) is 14.6 Å². The Bertz CT molecular complexity index is 1140. The Kier molecular flexibility index (Phi) is 3.20. The summed E-state index contributed by atoms with van der Waals surface area (Å²) in [4.78, 5) is 32.3. The molecule has 0 aliphatic rings. The molecule has 0 fully saturated rings. The summed E-state index contributed by atoms with van der Waals surface area (Å²) in [5.41, 5.74) is 2.71. The smallest absolute Gasteiger partial charge is 0.231 e. The lowest BCUT2D eigenvalue weighted by Crippen LogP contribution is -2.03. The van der Waals surface area contributed by atoms with Crippen LogP contribution in [0.4, 0.5) is 0 Å². The van der Waals surface area contributed by atoms with E-state index in [-0.39, 0.29) is 16.9 Å². The third kappa shape index (κ3) is 2.27. The van der Waals surface area contributed by atoms with E-state index >= 15 is 0 Å². The number of Topliss-reactive ketones (excluding diaryl/α,β-unsaturated/α-hetero) is 1. The Hall–Kier alpha value is -3.34. The summed E-state index contributed by atoms with van der Waals surface area (Å²) in [5.74, 6) is 0.0120. The summed E-state index contributed by atoms with van der Waals surface area (Å²) in [6.07, 6.45) is 3.07. The minimum absolute atomic E-state index is 0.0120. The van der Waals surface area contributed by atoms with Gasteiger partial charge in [-0.1, -0.05) is 24.3 Å². The molecule has 0 bridgehead atoms. The lowest BCUT2D eigenvalue weighted by atomic mass is 10.1. The molecule has 0 spiro atoms. The average molecular weight is 316 g/mol. The summed E-state index contributed by atoms with van der Waals surface area (Å²) >= 11 is 0. The molecular formula is C19H12N2O3. The van der Waals surface area contributed by atoms with Crippen molar-refractivity contribution < 1.29 is 9.21 Å². The predicted octanol–water partition coefficient (Wildman–Crippen LogP) is 3.61. The maximum Gasteiger partial charge on any atom is 0.231 e. The van der Waals surface area contributed by atoms with Crippen LogP contribution in [-0.2, 0) is 0 Å². The van der Waals surface area contributed by atoms with Crippen LogP contribution < -0.4 is 5.43 Å². The second-order valence-corrected chi connectivity index (χ2v) is 5.49. The molecule has 0 atom stereocenters. The summed E-state index contributed by atoms with van der Waals surface area (Å²) in [6, 6.07) is 12.3. The van der Waals surface area contributed by atoms with E-state index < -0.39 is 0 Å². The minimum Gasteiger partial charge on any atom is -0.436 e. The van der Waals surface area contributed by atoms with E-state index in [0.29, 0.717) is 27.6 Å². The van der Waals surface area contributed by atoms with Crippen molar-refractivity contribution in [3.05, 3.63) is 70.6 Å². The molecule has 0 N–H and O–H groups in total. The average Bonchev–Trinajstić information content (AvgIpc) is 2.61. The van der Waals surface area contributed by atoms with Gasteiger partial charge in [-0.2, -0.15) is 0 Å². The first-order valence-electron chi connectivity index (χ1n) is 7.42. The number of fused-ring (bicyclic) bond motifs is 2. The molecule has 3 heterocycles. The fourth-order valence-corrected chi connectivity index (χ4v) is 2.63. The Morgan fingerprint density at radius 3 is 2.54 bits per heavy atom. The number of rotatable bonds is 2. The van der Waals surface area contributed by atoms with E-state index in [9.17, 15) is 9.59 Å². The highest BCUT2D eigenvalue weighted by molar-refractivity contribution is 5.94. The molecule has 0 unspecified atom stereocenters. The van der Waals surface area contributed by atoms with Gasteiger partial charge >= 0.3 is 0 Å². The van der Waals surface area contributed by atoms with Crippen molar-refractivity contribution >= 4 is 27.9 Å². The number of pyridine rings is 2. The van der Waals surface area contributed by atoms with Crippen LogP contribution in [0.2, 0.25) is 0 Å². The fraction of sp³-hybridized carbons (Fsp3) is 0.0526. The van der Waals surface area contributed by atoms with E-state index in [1.807, 2.05) is 12.1 Å². The van der Waals surface area contributed by atoms with Gasteiger partial charge in [0.2, 0.25) is 11.1 Å². The van der Waals surface area contributed by atoms with Gasteiger partial charge in [-0.25, -0.2) is 4.98 Å². The van der Waals surface area contributed by atoms with Crippen LogP contribution in [0.5, 0.6) is 0 Å². The van der Waals surface area contributed by atoms with Gasteiger partial charge in [0.25, 0.3) is 0 Å². The molecule has 24 heavy (non-hydrogen) atoms. The first kappa shape index (κ1) is 14.3. The van der Waals surface area contributed by atoms with Gasteiger partial charge in [0.15, 0.2) is 11.4 Å². The number of nitrogens with zero attached hydrogens (tertiary/aromatic N) is 2. The lowest BCUT2D eigenvalue weighted by Gasteiger charge is -2.04. The van der Waals surface area contributed by atoms with Crippen LogP contribution in [0, 0.1) is 0 Å². The van der Waals surface area contributed by atoms with Gasteiger partial charge in [-0.05, 0) is 25.1 Å². The van der Waals surface area contributed by atoms with Gasteiger partial charge in [0, 0.05) is 17.3 Å². The van der Waals surface area contributed by atoms with Gasteiger partial charge < -0.3 is 4.42 Å². The molecule has 1 aromatic carbocycles. The molecule has 0 saturated heterocycles. The van der Waals surface area contributed by atoms with Crippen LogP contribution in [-0.4, -0.2) is 15.8 Å². The SMILES string of the molecule is CC(=O)c1ccc(-c2ccc3c(=O)c4ccncc4oc3n2)cc1. The van der Waals surface area contributed by atoms with E-state index in [4.69, 9.17) is 4.42 Å². The monoisotopic (exact) mass is 316 g/mol. The van der Waals surface area contributed by atoms with E-state index in [1.54, 1.807) is 36.5 Å². The molecule has 3 aromatic heterocycles. The highest BCUT2D eigenvalue weighted by Gasteiger charge is 2.10. The number of hydrogen-bond donors (Lipinski definition) is 0. The third-order valence-electron chi connectivity index (χ3n) is 3.93. The minimum atomic E-state index is -0.125. The molecule has 4 rings (SSSR count). The van der Waals surface area contributed by atoms with Crippen LogP contribution in [0.15, 0.2) is 64.1 Å². The summed E-state index contributed by atoms with van der Waals surface area (Å²) in [6.45, 7) is 1.52. The van der Waals surface area contributed by atoms with Crippen molar-refractivity contribution in [3.8, 4) is 11.3 Å². The van der Waals surface area contributed by atoms with Crippen molar-refractivity contribution in [2.75, 3.05) is 0 Å². The van der Waals surface area contributed by atoms with Gasteiger partial charge in [-0.15, -0.1) is 0 Å². The molecule has 0 aliphatic heterocycles. The Morgan fingerprint density at radius 2 is 1.79 bits per heavy atom. The number of benzene rings is 1. The van der Waals surface area contributed by atoms with Gasteiger partial charge in [0.05, 0.1) is 22.7 Å². The molecule has 5 nitrogen and oxygen atoms in total. The fourth-order valence-electron chi connectivity index (χ4n) is 2.63. The van der Waals surface area contributed by atoms with Gasteiger partial charge in [0.1, 0.15) is 0 Å². The number of carbonyl (C=O) groups is 1. The normalized spacial score (nSPS) is 11.0. The summed E-state index contributed by atoms with van der Waals surface area (Å²) in [5, 5.41) is 0.913. The summed E-state index contributed by atoms with van der Waals surface area (Å²) < 4.78 is 5.72. The first-order chi connectivity index (χ1) is 11.6. The molecule has 0 aliphatic carbocycles. The number of hydrogen-bond acceptors (Lipinski definition) is 5. The molecule has 0 radical (unpaired) electrons. The lowest BCUT2D eigenvalue weighted by molar-refractivity contribution is 0.101. The van der Waals surface area contributed by atoms with Crippen LogP contribution >= 0.6 is 0 Å². The van der Waals surface area contributed by atoms with E-state index in [2.05, 4.69) is 9.97 Å². The standard InChI is InChI=1S/C19H12N2O3/c1-11(22)12-2-4-13(5-3-12)16-7-6-15-18(23)14-8-9-20-10-17(14)24-19(15)21-16/h2-10H,1H3. The maximum absolute atomic E-state index is 12.5. The van der Waals surface area contributed by atoms with Crippen LogP contribution in [0.1, 0.15) is 17.3 Å². The van der Waals surface area contributed by atoms with Crippen LogP contribution in [0.25, 0.3) is 33.3 Å². The third-order valence-corrected chi connectivity index (χ3v) is 3.93. The maximum atomic E-state index is 12.5. The summed E-state index contributed by atoms with van der Waals surface area (Å²) in [7, 11) is 0. The molecule has 0 saturated carbocycles.